The van der Waals surface area contributed by atoms with E-state index in [1.165, 1.54) is 29.0 Å². The van der Waals surface area contributed by atoms with Crippen LogP contribution in [0.25, 0.3) is 21.7 Å². The third-order valence-corrected chi connectivity index (χ3v) is 5.85. The summed E-state index contributed by atoms with van der Waals surface area (Å²) in [6.45, 7) is 0.177. The number of hydrogen-bond acceptors (Lipinski definition) is 3. The number of nitrogens with one attached hydrogen (secondary N) is 1. The van der Waals surface area contributed by atoms with Crippen LogP contribution in [0, 0.1) is 0 Å². The summed E-state index contributed by atoms with van der Waals surface area (Å²) in [6, 6.07) is 20.1. The standard InChI is InChI=1S/C21H15F3N2O3S/c22-21(23,24)30(28,29)25-15-11-9-14(10-12-15)13-26-19-8-4-3-6-17(19)16-5-1-2-7-18(16)20(26)27/h1-12,25H,13H2. The zero-order valence-corrected chi connectivity index (χ0v) is 16.2. The Kier molecular flexibility index (Phi) is 4.77. The first-order valence-corrected chi connectivity index (χ1v) is 10.3. The largest absolute Gasteiger partial charge is 0.516 e. The van der Waals surface area contributed by atoms with E-state index in [0.29, 0.717) is 10.9 Å². The predicted molar refractivity (Wildman–Crippen MR) is 110 cm³/mol. The van der Waals surface area contributed by atoms with E-state index < -0.39 is 15.5 Å². The van der Waals surface area contributed by atoms with Crippen LogP contribution in [-0.2, 0) is 16.6 Å². The van der Waals surface area contributed by atoms with Gasteiger partial charge < -0.3 is 4.57 Å². The smallest absolute Gasteiger partial charge is 0.303 e. The summed E-state index contributed by atoms with van der Waals surface area (Å²) >= 11 is 0. The van der Waals surface area contributed by atoms with E-state index in [1.54, 1.807) is 16.7 Å². The highest BCUT2D eigenvalue weighted by molar-refractivity contribution is 7.93. The molecule has 30 heavy (non-hydrogen) atoms. The fraction of sp³-hybridized carbons (Fsp3) is 0.0952. The van der Waals surface area contributed by atoms with Gasteiger partial charge in [-0.15, -0.1) is 0 Å². The number of benzene rings is 3. The third kappa shape index (κ3) is 3.52. The minimum Gasteiger partial charge on any atom is -0.303 e. The fourth-order valence-corrected chi connectivity index (χ4v) is 3.89. The van der Waals surface area contributed by atoms with Crippen LogP contribution in [-0.4, -0.2) is 18.5 Å². The van der Waals surface area contributed by atoms with Crippen LogP contribution in [0.2, 0.25) is 0 Å². The molecule has 1 aromatic heterocycles. The first-order valence-electron chi connectivity index (χ1n) is 8.86. The van der Waals surface area contributed by atoms with Gasteiger partial charge in [-0.3, -0.25) is 9.52 Å². The third-order valence-electron chi connectivity index (χ3n) is 4.74. The van der Waals surface area contributed by atoms with Crippen molar-refractivity contribution in [2.75, 3.05) is 4.72 Å². The van der Waals surface area contributed by atoms with Gasteiger partial charge in [0.2, 0.25) is 0 Å². The molecule has 4 rings (SSSR count). The lowest BCUT2D eigenvalue weighted by Crippen LogP contribution is -2.29. The highest BCUT2D eigenvalue weighted by Crippen LogP contribution is 2.26. The van der Waals surface area contributed by atoms with Crippen LogP contribution < -0.4 is 10.3 Å². The van der Waals surface area contributed by atoms with Crippen LogP contribution in [0.5, 0.6) is 0 Å². The summed E-state index contributed by atoms with van der Waals surface area (Å²) in [4.78, 5) is 13.1. The Bertz CT molecular complexity index is 1410. The minimum atomic E-state index is -5.49. The Morgan fingerprint density at radius 2 is 1.37 bits per heavy atom. The molecule has 0 fully saturated rings. The van der Waals surface area contributed by atoms with Gasteiger partial charge in [-0.25, -0.2) is 0 Å². The van der Waals surface area contributed by atoms with Gasteiger partial charge in [-0.2, -0.15) is 21.6 Å². The van der Waals surface area contributed by atoms with Crippen molar-refractivity contribution in [1.82, 2.24) is 4.57 Å². The quantitative estimate of drug-likeness (QED) is 0.484. The van der Waals surface area contributed by atoms with Gasteiger partial charge in [0.25, 0.3) is 5.56 Å². The molecule has 154 valence electrons. The summed E-state index contributed by atoms with van der Waals surface area (Å²) in [5.41, 5.74) is -4.45. The van der Waals surface area contributed by atoms with E-state index in [4.69, 9.17) is 0 Å². The first kappa shape index (κ1) is 20.0. The van der Waals surface area contributed by atoms with Gasteiger partial charge in [0.15, 0.2) is 0 Å². The summed E-state index contributed by atoms with van der Waals surface area (Å²) in [6.07, 6.45) is 0. The number of hydrogen-bond donors (Lipinski definition) is 1. The second-order valence-corrected chi connectivity index (χ2v) is 8.38. The zero-order chi connectivity index (χ0) is 21.5. The van der Waals surface area contributed by atoms with Crippen LogP contribution in [0.15, 0.2) is 77.6 Å². The minimum absolute atomic E-state index is 0.177. The van der Waals surface area contributed by atoms with Crippen molar-refractivity contribution >= 4 is 37.4 Å². The highest BCUT2D eigenvalue weighted by Gasteiger charge is 2.46. The normalized spacial score (nSPS) is 12.4. The lowest BCUT2D eigenvalue weighted by molar-refractivity contribution is -0.0429. The maximum Gasteiger partial charge on any atom is 0.516 e. The van der Waals surface area contributed by atoms with Gasteiger partial charge in [0.05, 0.1) is 12.1 Å². The Morgan fingerprint density at radius 3 is 2.00 bits per heavy atom. The zero-order valence-electron chi connectivity index (χ0n) is 15.3. The van der Waals surface area contributed by atoms with Gasteiger partial charge >= 0.3 is 15.5 Å². The highest BCUT2D eigenvalue weighted by atomic mass is 32.2. The molecule has 0 amide bonds. The summed E-state index contributed by atoms with van der Waals surface area (Å²) in [5, 5.41) is 2.30. The second-order valence-electron chi connectivity index (χ2n) is 6.70. The monoisotopic (exact) mass is 432 g/mol. The van der Waals surface area contributed by atoms with Crippen molar-refractivity contribution in [2.45, 2.75) is 12.1 Å². The molecule has 0 radical (unpaired) electrons. The summed E-state index contributed by atoms with van der Waals surface area (Å²) in [7, 11) is -5.49. The SMILES string of the molecule is O=c1c2ccccc2c2ccccc2n1Cc1ccc(NS(=O)(=O)C(F)(F)F)cc1. The Balaban J connectivity index is 1.73. The van der Waals surface area contributed by atoms with Crippen molar-refractivity contribution < 1.29 is 21.6 Å². The van der Waals surface area contributed by atoms with E-state index in [-0.39, 0.29) is 17.8 Å². The molecule has 0 aliphatic rings. The molecule has 1 N–H and O–H groups in total. The molecular weight excluding hydrogens is 417 g/mol. The molecule has 0 atom stereocenters. The van der Waals surface area contributed by atoms with Gasteiger partial charge in [-0.05, 0) is 35.2 Å². The number of halogens is 3. The van der Waals surface area contributed by atoms with Crippen molar-refractivity contribution in [3.8, 4) is 0 Å². The maximum atomic E-state index is 13.1. The second kappa shape index (κ2) is 7.17. The van der Waals surface area contributed by atoms with Gasteiger partial charge in [0.1, 0.15) is 0 Å². The topological polar surface area (TPSA) is 68.2 Å². The molecule has 3 aromatic carbocycles. The van der Waals surface area contributed by atoms with Gasteiger partial charge in [0, 0.05) is 16.5 Å². The molecule has 0 aliphatic carbocycles. The molecule has 4 aromatic rings. The van der Waals surface area contributed by atoms with Crippen molar-refractivity contribution in [3.63, 3.8) is 0 Å². The molecule has 0 spiro atoms. The molecule has 5 nitrogen and oxygen atoms in total. The van der Waals surface area contributed by atoms with Crippen LogP contribution in [0.3, 0.4) is 0 Å². The number of rotatable bonds is 4. The fourth-order valence-electron chi connectivity index (χ4n) is 3.33. The number of para-hydroxylation sites is 1. The van der Waals surface area contributed by atoms with Crippen LogP contribution >= 0.6 is 0 Å². The number of nitrogens with zero attached hydrogens (tertiary/aromatic N) is 1. The Labute approximate surface area is 169 Å². The maximum absolute atomic E-state index is 13.1. The molecule has 1 heterocycles. The number of aromatic nitrogens is 1. The molecule has 0 saturated carbocycles. The molecule has 0 saturated heterocycles. The van der Waals surface area contributed by atoms with Gasteiger partial charge in [-0.1, -0.05) is 48.5 Å². The van der Waals surface area contributed by atoms with Crippen LogP contribution in [0.4, 0.5) is 18.9 Å². The van der Waals surface area contributed by atoms with E-state index in [1.807, 2.05) is 36.4 Å². The summed E-state index contributed by atoms with van der Waals surface area (Å²) < 4.78 is 63.1. The number of fused-ring (bicyclic) bond motifs is 3. The number of pyridine rings is 1. The predicted octanol–water partition coefficient (Wildman–Crippen LogP) is 4.46. The lowest BCUT2D eigenvalue weighted by Gasteiger charge is -2.14. The van der Waals surface area contributed by atoms with E-state index in [9.17, 15) is 26.4 Å². The molecule has 0 bridgehead atoms. The van der Waals surface area contributed by atoms with E-state index >= 15 is 0 Å². The average Bonchev–Trinajstić information content (AvgIpc) is 2.71. The van der Waals surface area contributed by atoms with E-state index in [2.05, 4.69) is 0 Å². The Morgan fingerprint density at radius 1 is 0.800 bits per heavy atom. The van der Waals surface area contributed by atoms with Crippen LogP contribution in [0.1, 0.15) is 5.56 Å². The number of sulfonamides is 1. The van der Waals surface area contributed by atoms with E-state index in [0.717, 1.165) is 16.3 Å². The summed E-state index contributed by atoms with van der Waals surface area (Å²) in [5.74, 6) is 0. The molecule has 0 aliphatic heterocycles. The number of alkyl halides is 3. The van der Waals surface area contributed by atoms with Crippen molar-refractivity contribution in [2.24, 2.45) is 0 Å². The molecular formula is C21H15F3N2O3S. The Hall–Kier alpha value is -3.33. The molecule has 0 unspecified atom stereocenters. The lowest BCUT2D eigenvalue weighted by atomic mass is 10.1. The number of anilines is 1. The molecule has 9 heteroatoms. The average molecular weight is 432 g/mol. The first-order chi connectivity index (χ1) is 14.2. The van der Waals surface area contributed by atoms with Crippen molar-refractivity contribution in [1.29, 1.82) is 0 Å². The van der Waals surface area contributed by atoms with Crippen molar-refractivity contribution in [3.05, 3.63) is 88.7 Å².